The molecule has 0 aliphatic heterocycles. The minimum atomic E-state index is -0.165. The van der Waals surface area contributed by atoms with Gasteiger partial charge in [0, 0.05) is 23.8 Å². The number of hydrogen-bond donors (Lipinski definition) is 1. The van der Waals surface area contributed by atoms with Crippen molar-refractivity contribution in [2.75, 3.05) is 14.2 Å². The van der Waals surface area contributed by atoms with E-state index in [0.29, 0.717) is 29.7 Å². The minimum absolute atomic E-state index is 0.0902. The molecule has 142 valence electrons. The van der Waals surface area contributed by atoms with Crippen LogP contribution in [0.5, 0.6) is 11.5 Å². The molecule has 0 fully saturated rings. The summed E-state index contributed by atoms with van der Waals surface area (Å²) in [5, 5.41) is 14.9. The van der Waals surface area contributed by atoms with Gasteiger partial charge in [0.1, 0.15) is 0 Å². The summed E-state index contributed by atoms with van der Waals surface area (Å²) in [4.78, 5) is 12.3. The second-order valence-electron chi connectivity index (χ2n) is 5.92. The van der Waals surface area contributed by atoms with Crippen molar-refractivity contribution < 1.29 is 18.7 Å². The molecule has 3 rings (SSSR count). The Morgan fingerprint density at radius 3 is 2.74 bits per heavy atom. The molecule has 1 amide bonds. The van der Waals surface area contributed by atoms with Crippen LogP contribution in [-0.4, -0.2) is 30.3 Å². The third-order valence-electron chi connectivity index (χ3n) is 4.09. The van der Waals surface area contributed by atoms with Gasteiger partial charge in [0.25, 0.3) is 0 Å². The molecule has 7 nitrogen and oxygen atoms in total. The number of carbonyl (C=O) groups excluding carboxylic acids is 1. The van der Waals surface area contributed by atoms with Gasteiger partial charge >= 0.3 is 0 Å². The highest BCUT2D eigenvalue weighted by molar-refractivity contribution is 7.08. The number of benzene rings is 1. The number of nitrogens with one attached hydrogen (secondary N) is 1. The van der Waals surface area contributed by atoms with E-state index in [4.69, 9.17) is 13.9 Å². The van der Waals surface area contributed by atoms with Crippen molar-refractivity contribution in [1.29, 1.82) is 0 Å². The number of nitrogens with zero attached hydrogens (tertiary/aromatic N) is 2. The molecular weight excluding hydrogens is 366 g/mol. The summed E-state index contributed by atoms with van der Waals surface area (Å²) in [5.41, 5.74) is 1.82. The molecular formula is C19H21N3O4S. The maximum absolute atomic E-state index is 12.3. The Labute approximate surface area is 161 Å². The molecule has 27 heavy (non-hydrogen) atoms. The fourth-order valence-electron chi connectivity index (χ4n) is 2.60. The quantitative estimate of drug-likeness (QED) is 0.635. The fraction of sp³-hybridized carbons (Fsp3) is 0.316. The van der Waals surface area contributed by atoms with Gasteiger partial charge in [-0.2, -0.15) is 11.3 Å². The van der Waals surface area contributed by atoms with E-state index >= 15 is 0 Å². The first-order chi connectivity index (χ1) is 13.1. The number of thiophene rings is 1. The topological polar surface area (TPSA) is 86.5 Å². The van der Waals surface area contributed by atoms with Crippen LogP contribution in [0.3, 0.4) is 0 Å². The largest absolute Gasteiger partial charge is 0.493 e. The van der Waals surface area contributed by atoms with Crippen molar-refractivity contribution >= 4 is 17.2 Å². The molecule has 0 saturated heterocycles. The molecule has 1 aromatic carbocycles. The standard InChI is InChI=1S/C19H21N3O4S/c1-12(13-4-5-15(24-2)16(10-13)25-3)20-17(23)6-7-18-21-22-19(26-18)14-8-9-27-11-14/h4-5,8-12H,6-7H2,1-3H3,(H,20,23). The predicted octanol–water partition coefficient (Wildman–Crippen LogP) is 3.63. The third kappa shape index (κ3) is 4.65. The third-order valence-corrected chi connectivity index (χ3v) is 4.77. The highest BCUT2D eigenvalue weighted by atomic mass is 32.1. The van der Waals surface area contributed by atoms with E-state index in [2.05, 4.69) is 15.5 Å². The van der Waals surface area contributed by atoms with Crippen molar-refractivity contribution in [3.05, 3.63) is 46.5 Å². The zero-order valence-electron chi connectivity index (χ0n) is 15.4. The van der Waals surface area contributed by atoms with Crippen LogP contribution >= 0.6 is 11.3 Å². The average Bonchev–Trinajstić information content (AvgIpc) is 3.37. The molecule has 1 N–H and O–H groups in total. The van der Waals surface area contributed by atoms with E-state index in [1.54, 1.807) is 25.6 Å². The SMILES string of the molecule is COc1ccc(C(C)NC(=O)CCc2nnc(-c3ccsc3)o2)cc1OC. The molecule has 1 atom stereocenters. The summed E-state index contributed by atoms with van der Waals surface area (Å²) < 4.78 is 16.1. The predicted molar refractivity (Wildman–Crippen MR) is 102 cm³/mol. The van der Waals surface area contributed by atoms with Gasteiger partial charge in [-0.1, -0.05) is 6.07 Å². The Kier molecular flexibility index (Phi) is 6.08. The van der Waals surface area contributed by atoms with Crippen LogP contribution in [0, 0.1) is 0 Å². The Morgan fingerprint density at radius 1 is 1.22 bits per heavy atom. The molecule has 0 saturated carbocycles. The van der Waals surface area contributed by atoms with E-state index in [0.717, 1.165) is 11.1 Å². The molecule has 2 heterocycles. The lowest BCUT2D eigenvalue weighted by Gasteiger charge is -2.16. The van der Waals surface area contributed by atoms with Crippen LogP contribution in [-0.2, 0) is 11.2 Å². The summed E-state index contributed by atoms with van der Waals surface area (Å²) >= 11 is 1.56. The number of aryl methyl sites for hydroxylation is 1. The van der Waals surface area contributed by atoms with Crippen molar-refractivity contribution in [3.63, 3.8) is 0 Å². The highest BCUT2D eigenvalue weighted by Crippen LogP contribution is 2.30. The van der Waals surface area contributed by atoms with Gasteiger partial charge in [0.05, 0.1) is 20.3 Å². The van der Waals surface area contributed by atoms with E-state index in [1.807, 2.05) is 41.9 Å². The zero-order valence-corrected chi connectivity index (χ0v) is 16.2. The first kappa shape index (κ1) is 18.9. The van der Waals surface area contributed by atoms with Crippen molar-refractivity contribution in [2.24, 2.45) is 0 Å². The summed E-state index contributed by atoms with van der Waals surface area (Å²) in [7, 11) is 3.17. The van der Waals surface area contributed by atoms with E-state index < -0.39 is 0 Å². The average molecular weight is 387 g/mol. The Bertz CT molecular complexity index is 892. The van der Waals surface area contributed by atoms with Gasteiger partial charge in [-0.05, 0) is 36.1 Å². The molecule has 0 radical (unpaired) electrons. The van der Waals surface area contributed by atoms with Crippen LogP contribution in [0.4, 0.5) is 0 Å². The van der Waals surface area contributed by atoms with Crippen molar-refractivity contribution in [3.8, 4) is 23.0 Å². The summed E-state index contributed by atoms with van der Waals surface area (Å²) in [6, 6.07) is 7.33. The highest BCUT2D eigenvalue weighted by Gasteiger charge is 2.15. The number of carbonyl (C=O) groups is 1. The monoisotopic (exact) mass is 387 g/mol. The van der Waals surface area contributed by atoms with Crippen LogP contribution in [0.2, 0.25) is 0 Å². The van der Waals surface area contributed by atoms with Gasteiger partial charge in [0.15, 0.2) is 11.5 Å². The molecule has 8 heteroatoms. The van der Waals surface area contributed by atoms with Crippen LogP contribution < -0.4 is 14.8 Å². The van der Waals surface area contributed by atoms with E-state index in [1.165, 1.54) is 0 Å². The van der Waals surface area contributed by atoms with Crippen molar-refractivity contribution in [1.82, 2.24) is 15.5 Å². The first-order valence-corrected chi connectivity index (χ1v) is 9.41. The molecule has 0 bridgehead atoms. The summed E-state index contributed by atoms with van der Waals surface area (Å²) in [6.07, 6.45) is 0.657. The van der Waals surface area contributed by atoms with Gasteiger partial charge < -0.3 is 19.2 Å². The van der Waals surface area contributed by atoms with Crippen molar-refractivity contribution in [2.45, 2.75) is 25.8 Å². The second kappa shape index (κ2) is 8.68. The first-order valence-electron chi connectivity index (χ1n) is 8.47. The van der Waals surface area contributed by atoms with Gasteiger partial charge in [0.2, 0.25) is 17.7 Å². The summed E-state index contributed by atoms with van der Waals surface area (Å²) in [6.45, 7) is 1.92. The molecule has 2 aromatic heterocycles. The normalized spacial score (nSPS) is 11.8. The van der Waals surface area contributed by atoms with Crippen LogP contribution in [0.1, 0.15) is 30.8 Å². The van der Waals surface area contributed by atoms with E-state index in [-0.39, 0.29) is 18.4 Å². The molecule has 0 aliphatic carbocycles. The van der Waals surface area contributed by atoms with Crippen LogP contribution in [0.25, 0.3) is 11.5 Å². The number of methoxy groups -OCH3 is 2. The number of aromatic nitrogens is 2. The molecule has 0 spiro atoms. The minimum Gasteiger partial charge on any atom is -0.493 e. The maximum atomic E-state index is 12.3. The van der Waals surface area contributed by atoms with Gasteiger partial charge in [-0.25, -0.2) is 0 Å². The number of rotatable bonds is 8. The number of amides is 1. The molecule has 0 aliphatic rings. The summed E-state index contributed by atoms with van der Waals surface area (Å²) in [5.74, 6) is 2.11. The fourth-order valence-corrected chi connectivity index (χ4v) is 3.23. The number of ether oxygens (including phenoxy) is 2. The maximum Gasteiger partial charge on any atom is 0.248 e. The zero-order chi connectivity index (χ0) is 19.2. The molecule has 3 aromatic rings. The van der Waals surface area contributed by atoms with Gasteiger partial charge in [-0.15, -0.1) is 10.2 Å². The van der Waals surface area contributed by atoms with Crippen LogP contribution in [0.15, 0.2) is 39.4 Å². The number of hydrogen-bond acceptors (Lipinski definition) is 7. The Morgan fingerprint density at radius 2 is 2.04 bits per heavy atom. The smallest absolute Gasteiger partial charge is 0.248 e. The lowest BCUT2D eigenvalue weighted by atomic mass is 10.1. The lowest BCUT2D eigenvalue weighted by Crippen LogP contribution is -2.26. The second-order valence-corrected chi connectivity index (χ2v) is 6.70. The Balaban J connectivity index is 1.54. The lowest BCUT2D eigenvalue weighted by molar-refractivity contribution is -0.121. The Hall–Kier alpha value is -2.87. The van der Waals surface area contributed by atoms with E-state index in [9.17, 15) is 4.79 Å². The van der Waals surface area contributed by atoms with Gasteiger partial charge in [-0.3, -0.25) is 4.79 Å². The molecule has 1 unspecified atom stereocenters.